The Morgan fingerprint density at radius 1 is 1.05 bits per heavy atom. The van der Waals surface area contributed by atoms with Gasteiger partial charge in [-0.1, -0.05) is 0 Å². The molecule has 0 unspecified atom stereocenters. The van der Waals surface area contributed by atoms with Crippen molar-refractivity contribution < 1.29 is 14.5 Å². The van der Waals surface area contributed by atoms with E-state index in [4.69, 9.17) is 4.74 Å². The van der Waals surface area contributed by atoms with Crippen molar-refractivity contribution in [3.8, 4) is 11.3 Å². The molecule has 0 spiro atoms. The van der Waals surface area contributed by atoms with Crippen molar-refractivity contribution in [2.24, 2.45) is 0 Å². The fourth-order valence-electron chi connectivity index (χ4n) is 4.69. The Labute approximate surface area is 221 Å². The highest BCUT2D eigenvalue weighted by molar-refractivity contribution is 5.96. The number of nitro groups is 1. The van der Waals surface area contributed by atoms with Crippen LogP contribution in [-0.2, 0) is 11.3 Å². The van der Waals surface area contributed by atoms with Crippen LogP contribution in [0, 0.1) is 10.1 Å². The first-order valence-corrected chi connectivity index (χ1v) is 12.8. The number of carbonyl (C=O) groups excluding carboxylic acids is 1. The molecule has 3 aliphatic heterocycles. The third-order valence-electron chi connectivity index (χ3n) is 6.83. The van der Waals surface area contributed by atoms with Gasteiger partial charge in [-0.2, -0.15) is 0 Å². The highest BCUT2D eigenvalue weighted by atomic mass is 16.6. The van der Waals surface area contributed by atoms with E-state index in [1.54, 1.807) is 24.4 Å². The summed E-state index contributed by atoms with van der Waals surface area (Å²) in [5.41, 5.74) is 3.75. The van der Waals surface area contributed by atoms with E-state index in [0.717, 1.165) is 56.0 Å². The Bertz CT molecular complexity index is 1320. The van der Waals surface area contributed by atoms with E-state index < -0.39 is 4.92 Å². The van der Waals surface area contributed by atoms with E-state index in [0.29, 0.717) is 37.0 Å². The van der Waals surface area contributed by atoms with Crippen LogP contribution in [0.1, 0.15) is 28.8 Å². The SMILES string of the molecule is CN1CCN(c2ccc3cc2COCCCCNC(=O)c2ccc(c([N+](=O)[O-])c2)-c2ccnc(n2)N3)CC1. The number of fused-ring (bicyclic) bond motifs is 9. The highest BCUT2D eigenvalue weighted by Gasteiger charge is 2.21. The van der Waals surface area contributed by atoms with Gasteiger partial charge in [0.25, 0.3) is 11.6 Å². The number of likely N-dealkylation sites (N-methyl/N-ethyl adjacent to an activating group) is 1. The van der Waals surface area contributed by atoms with Crippen molar-refractivity contribution in [3.05, 3.63) is 69.9 Å². The van der Waals surface area contributed by atoms with Gasteiger partial charge < -0.3 is 25.2 Å². The maximum Gasteiger partial charge on any atom is 0.279 e. The van der Waals surface area contributed by atoms with Crippen LogP contribution in [-0.4, -0.2) is 72.1 Å². The van der Waals surface area contributed by atoms with Gasteiger partial charge >= 0.3 is 0 Å². The summed E-state index contributed by atoms with van der Waals surface area (Å²) in [6.07, 6.45) is 3.07. The van der Waals surface area contributed by atoms with E-state index in [9.17, 15) is 14.9 Å². The lowest BCUT2D eigenvalue weighted by molar-refractivity contribution is -0.384. The molecule has 1 amide bonds. The lowest BCUT2D eigenvalue weighted by Crippen LogP contribution is -2.44. The summed E-state index contributed by atoms with van der Waals surface area (Å²) in [6.45, 7) is 5.36. The maximum atomic E-state index is 12.6. The molecule has 6 bridgehead atoms. The van der Waals surface area contributed by atoms with Crippen LogP contribution < -0.4 is 15.5 Å². The first kappa shape index (κ1) is 25.6. The molecule has 11 nitrogen and oxygen atoms in total. The molecule has 3 aliphatic rings. The minimum atomic E-state index is -0.496. The summed E-state index contributed by atoms with van der Waals surface area (Å²) in [5.74, 6) is -0.0351. The number of piperazine rings is 1. The Kier molecular flexibility index (Phi) is 7.75. The fourth-order valence-corrected chi connectivity index (χ4v) is 4.69. The van der Waals surface area contributed by atoms with Gasteiger partial charge in [-0.05, 0) is 56.3 Å². The molecule has 3 aromatic rings. The predicted octanol–water partition coefficient (Wildman–Crippen LogP) is 3.59. The van der Waals surface area contributed by atoms with Crippen LogP contribution in [0.25, 0.3) is 11.3 Å². The van der Waals surface area contributed by atoms with Gasteiger partial charge in [-0.3, -0.25) is 14.9 Å². The topological polar surface area (TPSA) is 126 Å². The molecule has 1 aromatic heterocycles. The second-order valence-corrected chi connectivity index (χ2v) is 9.53. The molecular weight excluding hydrogens is 486 g/mol. The minimum Gasteiger partial charge on any atom is -0.377 e. The van der Waals surface area contributed by atoms with Crippen molar-refractivity contribution in [2.75, 3.05) is 56.6 Å². The number of aromatic nitrogens is 2. The first-order valence-electron chi connectivity index (χ1n) is 12.8. The maximum absolute atomic E-state index is 12.6. The molecule has 1 fully saturated rings. The van der Waals surface area contributed by atoms with Gasteiger partial charge in [0, 0.05) is 74.1 Å². The monoisotopic (exact) mass is 517 g/mol. The summed E-state index contributed by atoms with van der Waals surface area (Å²) in [4.78, 5) is 37.6. The Balaban J connectivity index is 1.49. The van der Waals surface area contributed by atoms with Gasteiger partial charge in [0.2, 0.25) is 5.95 Å². The summed E-state index contributed by atoms with van der Waals surface area (Å²) < 4.78 is 6.04. The molecule has 6 rings (SSSR count). The highest BCUT2D eigenvalue weighted by Crippen LogP contribution is 2.31. The van der Waals surface area contributed by atoms with Crippen molar-refractivity contribution >= 4 is 28.9 Å². The number of hydrogen-bond acceptors (Lipinski definition) is 9. The average Bonchev–Trinajstić information content (AvgIpc) is 2.92. The molecule has 0 aliphatic carbocycles. The van der Waals surface area contributed by atoms with E-state index in [2.05, 4.69) is 49.6 Å². The molecular formula is C27H31N7O4. The largest absolute Gasteiger partial charge is 0.377 e. The van der Waals surface area contributed by atoms with Crippen LogP contribution in [0.5, 0.6) is 0 Å². The number of carbonyl (C=O) groups is 1. The predicted molar refractivity (Wildman–Crippen MR) is 145 cm³/mol. The number of anilines is 3. The first-order chi connectivity index (χ1) is 18.5. The van der Waals surface area contributed by atoms with Crippen molar-refractivity contribution in [1.29, 1.82) is 0 Å². The number of ether oxygens (including phenoxy) is 1. The molecule has 11 heteroatoms. The zero-order valence-corrected chi connectivity index (χ0v) is 21.4. The molecule has 4 heterocycles. The van der Waals surface area contributed by atoms with E-state index in [1.807, 2.05) is 6.07 Å². The molecule has 0 radical (unpaired) electrons. The second-order valence-electron chi connectivity index (χ2n) is 9.53. The Morgan fingerprint density at radius 3 is 2.71 bits per heavy atom. The zero-order valence-electron chi connectivity index (χ0n) is 21.4. The molecule has 2 N–H and O–H groups in total. The number of hydrogen-bond donors (Lipinski definition) is 2. The van der Waals surface area contributed by atoms with Crippen molar-refractivity contribution in [2.45, 2.75) is 19.4 Å². The third kappa shape index (κ3) is 5.90. The van der Waals surface area contributed by atoms with Gasteiger partial charge in [-0.25, -0.2) is 9.97 Å². The van der Waals surface area contributed by atoms with Gasteiger partial charge in [-0.15, -0.1) is 0 Å². The summed E-state index contributed by atoms with van der Waals surface area (Å²) in [5, 5.41) is 17.9. The average molecular weight is 518 g/mol. The Morgan fingerprint density at radius 2 is 1.89 bits per heavy atom. The number of amides is 1. The quantitative estimate of drug-likeness (QED) is 0.387. The Hall–Kier alpha value is -4.09. The van der Waals surface area contributed by atoms with Crippen LogP contribution in [0.4, 0.5) is 23.0 Å². The number of nitrogens with one attached hydrogen (secondary N) is 2. The molecule has 38 heavy (non-hydrogen) atoms. The molecule has 0 atom stereocenters. The number of nitro benzene ring substituents is 1. The number of nitrogens with zero attached hydrogens (tertiary/aromatic N) is 5. The second kappa shape index (κ2) is 11.5. The fraction of sp³-hybridized carbons (Fsp3) is 0.370. The lowest BCUT2D eigenvalue weighted by atomic mass is 10.1. The standard InChI is InChI=1S/C27H31N7O4/c1-32-11-13-33(14-12-32)24-7-5-21-16-20(24)18-38-15-3-2-9-28-26(35)19-4-6-22(25(17-19)34(36)37)23-8-10-29-27(30-21)31-23/h4-8,10,16-17H,2-3,9,11-15,18H2,1H3,(H,28,35)(H,29,30,31). The van der Waals surface area contributed by atoms with Crippen LogP contribution in [0.2, 0.25) is 0 Å². The van der Waals surface area contributed by atoms with E-state index >= 15 is 0 Å². The van der Waals surface area contributed by atoms with Crippen LogP contribution in [0.15, 0.2) is 48.7 Å². The minimum absolute atomic E-state index is 0.188. The van der Waals surface area contributed by atoms with Crippen LogP contribution >= 0.6 is 0 Å². The summed E-state index contributed by atoms with van der Waals surface area (Å²) >= 11 is 0. The van der Waals surface area contributed by atoms with Crippen molar-refractivity contribution in [3.63, 3.8) is 0 Å². The van der Waals surface area contributed by atoms with Gasteiger partial charge in [0.05, 0.1) is 22.8 Å². The summed E-state index contributed by atoms with van der Waals surface area (Å²) in [7, 11) is 2.13. The number of benzene rings is 2. The van der Waals surface area contributed by atoms with Gasteiger partial charge in [0.1, 0.15) is 0 Å². The van der Waals surface area contributed by atoms with E-state index in [1.165, 1.54) is 6.07 Å². The molecule has 2 aromatic carbocycles. The normalized spacial score (nSPS) is 17.1. The smallest absolute Gasteiger partial charge is 0.279 e. The molecule has 1 saturated heterocycles. The zero-order chi connectivity index (χ0) is 26.5. The van der Waals surface area contributed by atoms with Crippen molar-refractivity contribution in [1.82, 2.24) is 20.2 Å². The molecule has 0 saturated carbocycles. The summed E-state index contributed by atoms with van der Waals surface area (Å²) in [6, 6.07) is 12.2. The van der Waals surface area contributed by atoms with E-state index in [-0.39, 0.29) is 17.2 Å². The molecule has 198 valence electrons. The van der Waals surface area contributed by atoms with Gasteiger partial charge in [0.15, 0.2) is 0 Å². The number of rotatable bonds is 2. The lowest BCUT2D eigenvalue weighted by Gasteiger charge is -2.35. The van der Waals surface area contributed by atoms with Crippen LogP contribution in [0.3, 0.4) is 0 Å². The third-order valence-corrected chi connectivity index (χ3v) is 6.83.